The SMILES string of the molecule is CSc1cccc(N(CC(=O)N2CCN(Cc3ccccc3)CC2)S(C)(=O)=O)c1. The highest BCUT2D eigenvalue weighted by Crippen LogP contribution is 2.24. The number of piperazine rings is 1. The first kappa shape index (κ1) is 21.7. The van der Waals surface area contributed by atoms with E-state index in [2.05, 4.69) is 17.0 Å². The lowest BCUT2D eigenvalue weighted by Gasteiger charge is -2.35. The second kappa shape index (κ2) is 9.65. The normalized spacial score (nSPS) is 15.3. The Morgan fingerprint density at radius 2 is 1.72 bits per heavy atom. The van der Waals surface area contributed by atoms with Gasteiger partial charge < -0.3 is 4.90 Å². The molecule has 0 radical (unpaired) electrons. The van der Waals surface area contributed by atoms with E-state index in [1.54, 1.807) is 17.0 Å². The van der Waals surface area contributed by atoms with Gasteiger partial charge in [0.2, 0.25) is 15.9 Å². The van der Waals surface area contributed by atoms with E-state index in [1.165, 1.54) is 21.6 Å². The Morgan fingerprint density at radius 1 is 1.03 bits per heavy atom. The number of hydrogen-bond acceptors (Lipinski definition) is 5. The molecule has 0 spiro atoms. The highest BCUT2D eigenvalue weighted by atomic mass is 32.2. The summed E-state index contributed by atoms with van der Waals surface area (Å²) in [5.74, 6) is -0.163. The average Bonchev–Trinajstić information content (AvgIpc) is 2.72. The molecule has 2 aromatic rings. The Hall–Kier alpha value is -2.03. The third-order valence-corrected chi connectivity index (χ3v) is 6.86. The van der Waals surface area contributed by atoms with Crippen molar-refractivity contribution in [3.05, 3.63) is 60.2 Å². The zero-order chi connectivity index (χ0) is 20.9. The van der Waals surface area contributed by atoms with Crippen molar-refractivity contribution in [2.45, 2.75) is 11.4 Å². The van der Waals surface area contributed by atoms with E-state index < -0.39 is 10.0 Å². The maximum atomic E-state index is 12.8. The number of benzene rings is 2. The minimum absolute atomic E-state index is 0.163. The molecule has 6 nitrogen and oxygen atoms in total. The van der Waals surface area contributed by atoms with Gasteiger partial charge in [0, 0.05) is 37.6 Å². The van der Waals surface area contributed by atoms with E-state index in [0.29, 0.717) is 18.8 Å². The van der Waals surface area contributed by atoms with Crippen LogP contribution in [-0.2, 0) is 21.4 Å². The van der Waals surface area contributed by atoms with Crippen molar-refractivity contribution >= 4 is 33.4 Å². The van der Waals surface area contributed by atoms with Gasteiger partial charge in [-0.05, 0) is 30.0 Å². The highest BCUT2D eigenvalue weighted by molar-refractivity contribution is 7.98. The van der Waals surface area contributed by atoms with E-state index >= 15 is 0 Å². The van der Waals surface area contributed by atoms with Crippen LogP contribution >= 0.6 is 11.8 Å². The minimum Gasteiger partial charge on any atom is -0.339 e. The Kier molecular flexibility index (Phi) is 7.21. The fourth-order valence-corrected chi connectivity index (χ4v) is 4.68. The van der Waals surface area contributed by atoms with Crippen LogP contribution in [0.4, 0.5) is 5.69 Å². The molecule has 0 aliphatic carbocycles. The van der Waals surface area contributed by atoms with Crippen LogP contribution in [0.1, 0.15) is 5.56 Å². The fraction of sp³-hybridized carbons (Fsp3) is 0.381. The van der Waals surface area contributed by atoms with Crippen molar-refractivity contribution in [2.75, 3.05) is 49.5 Å². The lowest BCUT2D eigenvalue weighted by molar-refractivity contribution is -0.131. The summed E-state index contributed by atoms with van der Waals surface area (Å²) in [7, 11) is -3.56. The predicted molar refractivity (Wildman–Crippen MR) is 119 cm³/mol. The Bertz CT molecular complexity index is 927. The first-order chi connectivity index (χ1) is 13.9. The van der Waals surface area contributed by atoms with Gasteiger partial charge in [0.25, 0.3) is 0 Å². The van der Waals surface area contributed by atoms with Gasteiger partial charge in [0.05, 0.1) is 11.9 Å². The number of anilines is 1. The topological polar surface area (TPSA) is 60.9 Å². The Labute approximate surface area is 177 Å². The highest BCUT2D eigenvalue weighted by Gasteiger charge is 2.26. The molecule has 3 rings (SSSR count). The van der Waals surface area contributed by atoms with Crippen LogP contribution < -0.4 is 4.31 Å². The molecular formula is C21H27N3O3S2. The number of sulfonamides is 1. The second-order valence-corrected chi connectivity index (χ2v) is 9.90. The third-order valence-electron chi connectivity index (χ3n) is 4.99. The van der Waals surface area contributed by atoms with Gasteiger partial charge in [-0.1, -0.05) is 36.4 Å². The Balaban J connectivity index is 1.62. The van der Waals surface area contributed by atoms with Gasteiger partial charge >= 0.3 is 0 Å². The molecule has 2 aromatic carbocycles. The summed E-state index contributed by atoms with van der Waals surface area (Å²) in [6.45, 7) is 3.46. The van der Waals surface area contributed by atoms with Crippen molar-refractivity contribution in [2.24, 2.45) is 0 Å². The van der Waals surface area contributed by atoms with Crippen LogP contribution in [0.5, 0.6) is 0 Å². The van der Waals surface area contributed by atoms with Gasteiger partial charge in [-0.3, -0.25) is 14.0 Å². The number of hydrogen-bond donors (Lipinski definition) is 0. The van der Waals surface area contributed by atoms with Crippen LogP contribution in [0.25, 0.3) is 0 Å². The fourth-order valence-electron chi connectivity index (χ4n) is 3.39. The lowest BCUT2D eigenvalue weighted by atomic mass is 10.2. The summed E-state index contributed by atoms with van der Waals surface area (Å²) in [6, 6.07) is 17.5. The monoisotopic (exact) mass is 433 g/mol. The molecule has 1 aliphatic heterocycles. The van der Waals surface area contributed by atoms with Gasteiger partial charge in [-0.2, -0.15) is 0 Å². The minimum atomic E-state index is -3.56. The molecule has 0 bridgehead atoms. The zero-order valence-corrected chi connectivity index (χ0v) is 18.5. The summed E-state index contributed by atoms with van der Waals surface area (Å²) in [5, 5.41) is 0. The average molecular weight is 434 g/mol. The molecule has 0 saturated carbocycles. The van der Waals surface area contributed by atoms with Crippen LogP contribution in [0.2, 0.25) is 0 Å². The molecule has 156 valence electrons. The summed E-state index contributed by atoms with van der Waals surface area (Å²) < 4.78 is 25.9. The molecule has 1 aliphatic rings. The molecule has 0 aromatic heterocycles. The quantitative estimate of drug-likeness (QED) is 0.628. The summed E-state index contributed by atoms with van der Waals surface area (Å²) in [4.78, 5) is 17.9. The predicted octanol–water partition coefficient (Wildman–Crippen LogP) is 2.52. The van der Waals surface area contributed by atoms with E-state index in [0.717, 1.165) is 30.8 Å². The third kappa shape index (κ3) is 5.98. The number of thioether (sulfide) groups is 1. The lowest BCUT2D eigenvalue weighted by Crippen LogP contribution is -2.51. The molecule has 8 heteroatoms. The van der Waals surface area contributed by atoms with Gasteiger partial charge in [-0.15, -0.1) is 11.8 Å². The molecule has 29 heavy (non-hydrogen) atoms. The largest absolute Gasteiger partial charge is 0.339 e. The molecule has 1 fully saturated rings. The number of rotatable bonds is 7. The molecule has 0 N–H and O–H groups in total. The Morgan fingerprint density at radius 3 is 2.34 bits per heavy atom. The van der Waals surface area contributed by atoms with Crippen molar-refractivity contribution in [3.63, 3.8) is 0 Å². The van der Waals surface area contributed by atoms with Gasteiger partial charge in [0.15, 0.2) is 0 Å². The van der Waals surface area contributed by atoms with E-state index in [1.807, 2.05) is 36.6 Å². The van der Waals surface area contributed by atoms with Crippen molar-refractivity contribution in [3.8, 4) is 0 Å². The first-order valence-corrected chi connectivity index (χ1v) is 12.6. The summed E-state index contributed by atoms with van der Waals surface area (Å²) >= 11 is 1.54. The van der Waals surface area contributed by atoms with E-state index in [-0.39, 0.29) is 12.5 Å². The van der Waals surface area contributed by atoms with Crippen LogP contribution in [0, 0.1) is 0 Å². The second-order valence-electron chi connectivity index (χ2n) is 7.11. The number of carbonyl (C=O) groups excluding carboxylic acids is 1. The van der Waals surface area contributed by atoms with Crippen LogP contribution in [-0.4, -0.2) is 69.4 Å². The smallest absolute Gasteiger partial charge is 0.243 e. The number of nitrogens with zero attached hydrogens (tertiary/aromatic N) is 3. The first-order valence-electron chi connectivity index (χ1n) is 9.52. The molecule has 0 unspecified atom stereocenters. The molecule has 1 saturated heterocycles. The number of carbonyl (C=O) groups is 1. The zero-order valence-electron chi connectivity index (χ0n) is 16.8. The van der Waals surface area contributed by atoms with Gasteiger partial charge in [0.1, 0.15) is 6.54 Å². The van der Waals surface area contributed by atoms with E-state index in [4.69, 9.17) is 0 Å². The summed E-state index contributed by atoms with van der Waals surface area (Å²) in [5.41, 5.74) is 1.78. The molecule has 1 heterocycles. The standard InChI is InChI=1S/C21H27N3O3S2/c1-28-20-10-6-9-19(15-20)24(29(2,26)27)17-21(25)23-13-11-22(12-14-23)16-18-7-4-3-5-8-18/h3-10,15H,11-14,16-17H2,1-2H3. The van der Waals surface area contributed by atoms with Gasteiger partial charge in [-0.25, -0.2) is 8.42 Å². The van der Waals surface area contributed by atoms with Crippen LogP contribution in [0.15, 0.2) is 59.5 Å². The maximum absolute atomic E-state index is 12.8. The van der Waals surface area contributed by atoms with E-state index in [9.17, 15) is 13.2 Å². The maximum Gasteiger partial charge on any atom is 0.243 e. The van der Waals surface area contributed by atoms with Crippen LogP contribution in [0.3, 0.4) is 0 Å². The van der Waals surface area contributed by atoms with Crippen molar-refractivity contribution in [1.82, 2.24) is 9.80 Å². The number of amides is 1. The van der Waals surface area contributed by atoms with Crippen molar-refractivity contribution < 1.29 is 13.2 Å². The molecule has 0 atom stereocenters. The van der Waals surface area contributed by atoms with Crippen molar-refractivity contribution in [1.29, 1.82) is 0 Å². The summed E-state index contributed by atoms with van der Waals surface area (Å²) in [6.07, 6.45) is 3.08. The molecule has 1 amide bonds. The molecular weight excluding hydrogens is 406 g/mol.